The van der Waals surface area contributed by atoms with Crippen molar-refractivity contribution in [2.45, 2.75) is 6.04 Å². The van der Waals surface area contributed by atoms with Crippen LogP contribution in [0.15, 0.2) is 47.6 Å². The van der Waals surface area contributed by atoms with Gasteiger partial charge in [-0.05, 0) is 17.2 Å². The molecule has 2 aromatic carbocycles. The summed E-state index contributed by atoms with van der Waals surface area (Å²) in [5, 5.41) is 5.62. The number of amides is 1. The number of ether oxygens (including phenoxy) is 1. The van der Waals surface area contributed by atoms with E-state index < -0.39 is 11.9 Å². The molecule has 0 aliphatic carbocycles. The van der Waals surface area contributed by atoms with E-state index in [1.165, 1.54) is 7.11 Å². The Kier molecular flexibility index (Phi) is 2.95. The highest BCUT2D eigenvalue weighted by Gasteiger charge is 2.36. The maximum absolute atomic E-state index is 11.9. The Hall–Kier alpha value is -2.69. The summed E-state index contributed by atoms with van der Waals surface area (Å²) in [6.45, 7) is 0. The van der Waals surface area contributed by atoms with Crippen LogP contribution in [0.4, 0.5) is 5.69 Å². The van der Waals surface area contributed by atoms with Crippen molar-refractivity contribution in [2.75, 3.05) is 12.4 Å². The van der Waals surface area contributed by atoms with Gasteiger partial charge < -0.3 is 10.1 Å². The number of nitrogens with zero attached hydrogens (tertiary/aromatic N) is 1. The average Bonchev–Trinajstić information content (AvgIpc) is 2.83. The fraction of sp³-hybridized carbons (Fsp3) is 0.133. The van der Waals surface area contributed by atoms with Crippen LogP contribution >= 0.6 is 0 Å². The molecule has 0 bridgehead atoms. The minimum Gasteiger partial charge on any atom is -0.495 e. The molecule has 5 heteroatoms. The van der Waals surface area contributed by atoms with Crippen molar-refractivity contribution in [3.05, 3.63) is 52.9 Å². The molecule has 0 radical (unpaired) electrons. The number of carbonyl (C=O) groups excluding carboxylic acids is 1. The van der Waals surface area contributed by atoms with Crippen LogP contribution < -0.4 is 10.1 Å². The van der Waals surface area contributed by atoms with Gasteiger partial charge in [-0.3, -0.25) is 4.79 Å². The number of nitrogens with one attached hydrogen (secondary N) is 1. The molecule has 3 rings (SSSR count). The Bertz CT molecular complexity index is 683. The zero-order valence-corrected chi connectivity index (χ0v) is 10.8. The standard InChI is InChI=1S/C15H12N2O3/c1-20-11-8-7-10(9-5-3-2-4-6-9)12-13(11)16-15(18)14(12)17-19/h2-8,14H,1H3,(H,16,18). The van der Waals surface area contributed by atoms with Gasteiger partial charge in [0.05, 0.1) is 12.8 Å². The van der Waals surface area contributed by atoms with Crippen molar-refractivity contribution < 1.29 is 9.53 Å². The van der Waals surface area contributed by atoms with E-state index in [9.17, 15) is 9.70 Å². The molecule has 1 amide bonds. The molecule has 1 atom stereocenters. The van der Waals surface area contributed by atoms with Gasteiger partial charge in [0.2, 0.25) is 0 Å². The predicted octanol–water partition coefficient (Wildman–Crippen LogP) is 3.12. The molecule has 0 spiro atoms. The third-order valence-electron chi connectivity index (χ3n) is 3.39. The highest BCUT2D eigenvalue weighted by molar-refractivity contribution is 6.06. The number of methoxy groups -OCH3 is 1. The first kappa shape index (κ1) is 12.3. The first-order valence-corrected chi connectivity index (χ1v) is 6.16. The summed E-state index contributed by atoms with van der Waals surface area (Å²) in [6, 6.07) is 12.1. The Morgan fingerprint density at radius 1 is 1.15 bits per heavy atom. The molecule has 1 N–H and O–H groups in total. The monoisotopic (exact) mass is 268 g/mol. The Morgan fingerprint density at radius 3 is 2.55 bits per heavy atom. The molecule has 1 aliphatic heterocycles. The van der Waals surface area contributed by atoms with Crippen LogP contribution in [0.3, 0.4) is 0 Å². The van der Waals surface area contributed by atoms with Crippen LogP contribution in [-0.2, 0) is 4.79 Å². The molecule has 1 aliphatic rings. The molecule has 20 heavy (non-hydrogen) atoms. The van der Waals surface area contributed by atoms with Gasteiger partial charge >= 0.3 is 0 Å². The molecule has 1 unspecified atom stereocenters. The average molecular weight is 268 g/mol. The smallest absolute Gasteiger partial charge is 0.257 e. The number of nitroso groups, excluding NO2 is 1. The molecule has 100 valence electrons. The SMILES string of the molecule is COc1ccc(-c2ccccc2)c2c1NC(=O)C2N=O. The van der Waals surface area contributed by atoms with Gasteiger partial charge in [0.15, 0.2) is 6.04 Å². The maximum Gasteiger partial charge on any atom is 0.257 e. The topological polar surface area (TPSA) is 67.8 Å². The van der Waals surface area contributed by atoms with Crippen LogP contribution in [0.2, 0.25) is 0 Å². The third-order valence-corrected chi connectivity index (χ3v) is 3.39. The van der Waals surface area contributed by atoms with Crippen LogP contribution in [0.1, 0.15) is 11.6 Å². The Balaban J connectivity index is 2.26. The van der Waals surface area contributed by atoms with E-state index in [2.05, 4.69) is 10.5 Å². The van der Waals surface area contributed by atoms with E-state index in [1.54, 1.807) is 6.07 Å². The lowest BCUT2D eigenvalue weighted by molar-refractivity contribution is -0.116. The molecular weight excluding hydrogens is 256 g/mol. The number of hydrogen-bond acceptors (Lipinski definition) is 4. The normalized spacial score (nSPS) is 16.4. The van der Waals surface area contributed by atoms with Gasteiger partial charge in [-0.25, -0.2) is 0 Å². The largest absolute Gasteiger partial charge is 0.495 e. The van der Waals surface area contributed by atoms with Gasteiger partial charge in [0.1, 0.15) is 5.75 Å². The van der Waals surface area contributed by atoms with Crippen molar-refractivity contribution in [2.24, 2.45) is 5.18 Å². The molecule has 1 heterocycles. The predicted molar refractivity (Wildman–Crippen MR) is 75.6 cm³/mol. The van der Waals surface area contributed by atoms with Gasteiger partial charge in [0.25, 0.3) is 5.91 Å². The number of fused-ring (bicyclic) bond motifs is 1. The first-order chi connectivity index (χ1) is 9.76. The summed E-state index contributed by atoms with van der Waals surface area (Å²) in [4.78, 5) is 22.9. The van der Waals surface area contributed by atoms with Crippen molar-refractivity contribution in [3.8, 4) is 16.9 Å². The summed E-state index contributed by atoms with van der Waals surface area (Å²) < 4.78 is 5.23. The summed E-state index contributed by atoms with van der Waals surface area (Å²) in [6.07, 6.45) is 0. The third kappa shape index (κ3) is 1.75. The summed E-state index contributed by atoms with van der Waals surface area (Å²) in [5.41, 5.74) is 2.85. The number of anilines is 1. The maximum atomic E-state index is 11.9. The van der Waals surface area contributed by atoms with Crippen LogP contribution in [0, 0.1) is 4.91 Å². The minimum atomic E-state index is -1.03. The lowest BCUT2D eigenvalue weighted by Crippen LogP contribution is -2.09. The first-order valence-electron chi connectivity index (χ1n) is 6.16. The van der Waals surface area contributed by atoms with E-state index in [4.69, 9.17) is 4.74 Å². The molecule has 0 saturated carbocycles. The van der Waals surface area contributed by atoms with Crippen LogP contribution in [0.25, 0.3) is 11.1 Å². The van der Waals surface area contributed by atoms with Crippen LogP contribution in [0.5, 0.6) is 5.75 Å². The van der Waals surface area contributed by atoms with Gasteiger partial charge in [-0.2, -0.15) is 0 Å². The lowest BCUT2D eigenvalue weighted by Gasteiger charge is -2.12. The Labute approximate surface area is 115 Å². The number of hydrogen-bond donors (Lipinski definition) is 1. The van der Waals surface area contributed by atoms with E-state index >= 15 is 0 Å². The highest BCUT2D eigenvalue weighted by Crippen LogP contribution is 2.45. The molecule has 5 nitrogen and oxygen atoms in total. The van der Waals surface area contributed by atoms with Gasteiger partial charge in [-0.1, -0.05) is 41.6 Å². The summed E-state index contributed by atoms with van der Waals surface area (Å²) in [7, 11) is 1.52. The zero-order valence-electron chi connectivity index (χ0n) is 10.8. The molecule has 0 saturated heterocycles. The van der Waals surface area contributed by atoms with E-state index in [1.807, 2.05) is 36.4 Å². The van der Waals surface area contributed by atoms with Crippen molar-refractivity contribution in [1.29, 1.82) is 0 Å². The molecular formula is C15H12N2O3. The van der Waals surface area contributed by atoms with Gasteiger partial charge in [-0.15, -0.1) is 4.91 Å². The van der Waals surface area contributed by atoms with E-state index in [0.717, 1.165) is 11.1 Å². The minimum absolute atomic E-state index is 0.420. The summed E-state index contributed by atoms with van der Waals surface area (Å²) in [5.74, 6) is 0.107. The summed E-state index contributed by atoms with van der Waals surface area (Å²) >= 11 is 0. The van der Waals surface area contributed by atoms with Gasteiger partial charge in [0, 0.05) is 5.56 Å². The zero-order chi connectivity index (χ0) is 14.1. The van der Waals surface area contributed by atoms with Crippen molar-refractivity contribution >= 4 is 11.6 Å². The second-order valence-corrected chi connectivity index (χ2v) is 4.47. The second-order valence-electron chi connectivity index (χ2n) is 4.47. The van der Waals surface area contributed by atoms with E-state index in [0.29, 0.717) is 17.0 Å². The quantitative estimate of drug-likeness (QED) is 0.869. The number of carbonyl (C=O) groups is 1. The lowest BCUT2D eigenvalue weighted by atomic mass is 9.95. The van der Waals surface area contributed by atoms with Crippen LogP contribution in [-0.4, -0.2) is 13.0 Å². The van der Waals surface area contributed by atoms with Crippen molar-refractivity contribution in [3.63, 3.8) is 0 Å². The Morgan fingerprint density at radius 2 is 1.90 bits per heavy atom. The van der Waals surface area contributed by atoms with Crippen molar-refractivity contribution in [1.82, 2.24) is 0 Å². The number of benzene rings is 2. The number of rotatable bonds is 3. The fourth-order valence-electron chi connectivity index (χ4n) is 2.48. The molecule has 0 fully saturated rings. The molecule has 2 aromatic rings. The van der Waals surface area contributed by atoms with E-state index in [-0.39, 0.29) is 0 Å². The molecule has 0 aromatic heterocycles. The highest BCUT2D eigenvalue weighted by atomic mass is 16.5. The second kappa shape index (κ2) is 4.77. The fourth-order valence-corrected chi connectivity index (χ4v) is 2.48.